The third kappa shape index (κ3) is 7.27. The summed E-state index contributed by atoms with van der Waals surface area (Å²) >= 11 is 0. The molecule has 1 fully saturated rings. The Bertz CT molecular complexity index is 504. The van der Waals surface area contributed by atoms with Crippen LogP contribution in [-0.4, -0.2) is 56.8 Å². The van der Waals surface area contributed by atoms with Crippen molar-refractivity contribution < 1.29 is 9.13 Å². The molecule has 1 saturated heterocycles. The SMILES string of the molecule is CCNC(=NCc1cccc(F)c1)NCCCCN1CCOCC1. The Morgan fingerprint density at radius 1 is 1.25 bits per heavy atom. The van der Waals surface area contributed by atoms with Gasteiger partial charge in [-0.2, -0.15) is 0 Å². The van der Waals surface area contributed by atoms with Gasteiger partial charge in [-0.15, -0.1) is 0 Å². The van der Waals surface area contributed by atoms with Crippen LogP contribution >= 0.6 is 0 Å². The minimum absolute atomic E-state index is 0.219. The number of nitrogens with one attached hydrogen (secondary N) is 2. The number of benzene rings is 1. The van der Waals surface area contributed by atoms with Crippen LogP contribution in [0.5, 0.6) is 0 Å². The van der Waals surface area contributed by atoms with E-state index in [0.29, 0.717) is 6.54 Å². The van der Waals surface area contributed by atoms with Crippen LogP contribution in [0.3, 0.4) is 0 Å². The largest absolute Gasteiger partial charge is 0.379 e. The Hall–Kier alpha value is -1.66. The van der Waals surface area contributed by atoms with Crippen LogP contribution in [-0.2, 0) is 11.3 Å². The molecular weight excluding hydrogens is 307 g/mol. The van der Waals surface area contributed by atoms with Gasteiger partial charge in [0.2, 0.25) is 0 Å². The lowest BCUT2D eigenvalue weighted by atomic mass is 10.2. The Balaban J connectivity index is 1.67. The van der Waals surface area contributed by atoms with Crippen LogP contribution in [0.4, 0.5) is 4.39 Å². The second-order valence-corrected chi connectivity index (χ2v) is 5.91. The maximum atomic E-state index is 13.2. The van der Waals surface area contributed by atoms with E-state index in [0.717, 1.165) is 70.3 Å². The number of ether oxygens (including phenoxy) is 1. The Labute approximate surface area is 144 Å². The molecule has 2 N–H and O–H groups in total. The van der Waals surface area contributed by atoms with Crippen molar-refractivity contribution in [2.24, 2.45) is 4.99 Å². The summed E-state index contributed by atoms with van der Waals surface area (Å²) in [5.74, 6) is 0.567. The third-order valence-corrected chi connectivity index (χ3v) is 3.95. The molecule has 2 rings (SSSR count). The maximum Gasteiger partial charge on any atom is 0.191 e. The zero-order chi connectivity index (χ0) is 17.0. The minimum atomic E-state index is -0.219. The molecule has 24 heavy (non-hydrogen) atoms. The van der Waals surface area contributed by atoms with Crippen molar-refractivity contribution in [1.82, 2.24) is 15.5 Å². The lowest BCUT2D eigenvalue weighted by Gasteiger charge is -2.26. The average Bonchev–Trinajstić information content (AvgIpc) is 2.60. The lowest BCUT2D eigenvalue weighted by molar-refractivity contribution is 0.0372. The number of nitrogens with zero attached hydrogens (tertiary/aromatic N) is 2. The van der Waals surface area contributed by atoms with Gasteiger partial charge in [0.1, 0.15) is 5.82 Å². The summed E-state index contributed by atoms with van der Waals surface area (Å²) in [6.45, 7) is 9.14. The molecule has 0 aromatic heterocycles. The van der Waals surface area contributed by atoms with E-state index in [4.69, 9.17) is 4.74 Å². The molecule has 6 heteroatoms. The average molecular weight is 336 g/mol. The van der Waals surface area contributed by atoms with Gasteiger partial charge in [-0.1, -0.05) is 12.1 Å². The summed E-state index contributed by atoms with van der Waals surface area (Å²) in [5, 5.41) is 6.57. The first kappa shape index (κ1) is 18.7. The van der Waals surface area contributed by atoms with Gasteiger partial charge in [0.25, 0.3) is 0 Å². The first-order valence-corrected chi connectivity index (χ1v) is 8.84. The smallest absolute Gasteiger partial charge is 0.191 e. The van der Waals surface area contributed by atoms with Crippen molar-refractivity contribution in [2.75, 3.05) is 45.9 Å². The molecule has 0 radical (unpaired) electrons. The van der Waals surface area contributed by atoms with Crippen molar-refractivity contribution in [1.29, 1.82) is 0 Å². The molecule has 0 saturated carbocycles. The predicted molar refractivity (Wildman–Crippen MR) is 95.7 cm³/mol. The van der Waals surface area contributed by atoms with Crippen molar-refractivity contribution in [3.63, 3.8) is 0 Å². The van der Waals surface area contributed by atoms with E-state index < -0.39 is 0 Å². The highest BCUT2D eigenvalue weighted by atomic mass is 19.1. The molecule has 1 aliphatic rings. The van der Waals surface area contributed by atoms with Gasteiger partial charge in [-0.05, 0) is 44.0 Å². The van der Waals surface area contributed by atoms with Gasteiger partial charge in [-0.25, -0.2) is 9.38 Å². The first-order valence-electron chi connectivity index (χ1n) is 8.84. The van der Waals surface area contributed by atoms with E-state index in [1.165, 1.54) is 12.1 Å². The van der Waals surface area contributed by atoms with Gasteiger partial charge in [0.15, 0.2) is 5.96 Å². The fraction of sp³-hybridized carbons (Fsp3) is 0.611. The summed E-state index contributed by atoms with van der Waals surface area (Å²) < 4.78 is 18.5. The quantitative estimate of drug-likeness (QED) is 0.433. The number of hydrogen-bond donors (Lipinski definition) is 2. The summed E-state index contributed by atoms with van der Waals surface area (Å²) in [5.41, 5.74) is 0.875. The summed E-state index contributed by atoms with van der Waals surface area (Å²) in [6, 6.07) is 6.57. The van der Waals surface area contributed by atoms with Crippen molar-refractivity contribution in [3.8, 4) is 0 Å². The van der Waals surface area contributed by atoms with E-state index in [1.807, 2.05) is 13.0 Å². The number of rotatable bonds is 8. The van der Waals surface area contributed by atoms with Crippen LogP contribution in [0.2, 0.25) is 0 Å². The zero-order valence-corrected chi connectivity index (χ0v) is 14.6. The minimum Gasteiger partial charge on any atom is -0.379 e. The van der Waals surface area contributed by atoms with Gasteiger partial charge in [0, 0.05) is 26.2 Å². The summed E-state index contributed by atoms with van der Waals surface area (Å²) in [7, 11) is 0. The van der Waals surface area contributed by atoms with E-state index in [1.54, 1.807) is 6.07 Å². The van der Waals surface area contributed by atoms with Crippen LogP contribution < -0.4 is 10.6 Å². The summed E-state index contributed by atoms with van der Waals surface area (Å²) in [4.78, 5) is 6.96. The molecule has 0 amide bonds. The second-order valence-electron chi connectivity index (χ2n) is 5.91. The first-order chi connectivity index (χ1) is 11.8. The normalized spacial score (nSPS) is 16.2. The number of morpholine rings is 1. The highest BCUT2D eigenvalue weighted by Gasteiger charge is 2.09. The van der Waals surface area contributed by atoms with E-state index in [2.05, 4.69) is 20.5 Å². The standard InChI is InChI=1S/C18H29FN4O/c1-2-20-18(22-15-16-6-5-7-17(19)14-16)21-8-3-4-9-23-10-12-24-13-11-23/h5-7,14H,2-4,8-13,15H2,1H3,(H2,20,21,22). The third-order valence-electron chi connectivity index (χ3n) is 3.95. The molecule has 0 bridgehead atoms. The number of hydrogen-bond acceptors (Lipinski definition) is 3. The molecule has 0 unspecified atom stereocenters. The maximum absolute atomic E-state index is 13.2. The molecule has 0 atom stereocenters. The fourth-order valence-corrected chi connectivity index (χ4v) is 2.64. The second kappa shape index (κ2) is 11.0. The molecule has 0 spiro atoms. The summed E-state index contributed by atoms with van der Waals surface area (Å²) in [6.07, 6.45) is 2.26. The Morgan fingerprint density at radius 2 is 2.08 bits per heavy atom. The number of aliphatic imine (C=N–C) groups is 1. The van der Waals surface area contributed by atoms with Crippen molar-refractivity contribution in [3.05, 3.63) is 35.6 Å². The monoisotopic (exact) mass is 336 g/mol. The van der Waals surface area contributed by atoms with Gasteiger partial charge in [-0.3, -0.25) is 4.90 Å². The topological polar surface area (TPSA) is 48.9 Å². The fourth-order valence-electron chi connectivity index (χ4n) is 2.64. The molecule has 0 aliphatic carbocycles. The Morgan fingerprint density at radius 3 is 2.83 bits per heavy atom. The number of guanidine groups is 1. The van der Waals surface area contributed by atoms with E-state index >= 15 is 0 Å². The molecule has 134 valence electrons. The van der Waals surface area contributed by atoms with E-state index in [-0.39, 0.29) is 5.82 Å². The molecule has 1 aromatic rings. The molecule has 1 heterocycles. The lowest BCUT2D eigenvalue weighted by Crippen LogP contribution is -2.39. The van der Waals surface area contributed by atoms with Gasteiger partial charge < -0.3 is 15.4 Å². The number of unbranched alkanes of at least 4 members (excludes halogenated alkanes) is 1. The highest BCUT2D eigenvalue weighted by Crippen LogP contribution is 2.04. The van der Waals surface area contributed by atoms with Crippen molar-refractivity contribution in [2.45, 2.75) is 26.3 Å². The molecule has 1 aromatic carbocycles. The van der Waals surface area contributed by atoms with Crippen molar-refractivity contribution >= 4 is 5.96 Å². The highest BCUT2D eigenvalue weighted by molar-refractivity contribution is 5.79. The van der Waals surface area contributed by atoms with E-state index in [9.17, 15) is 4.39 Å². The molecule has 1 aliphatic heterocycles. The van der Waals surface area contributed by atoms with Crippen LogP contribution in [0, 0.1) is 5.82 Å². The van der Waals surface area contributed by atoms with Crippen LogP contribution in [0.25, 0.3) is 0 Å². The van der Waals surface area contributed by atoms with Gasteiger partial charge >= 0.3 is 0 Å². The molecule has 5 nitrogen and oxygen atoms in total. The Kier molecular flexibility index (Phi) is 8.55. The number of halogens is 1. The molecular formula is C18H29FN4O. The van der Waals surface area contributed by atoms with Crippen LogP contribution in [0.15, 0.2) is 29.3 Å². The van der Waals surface area contributed by atoms with Gasteiger partial charge in [0.05, 0.1) is 19.8 Å². The predicted octanol–water partition coefficient (Wildman–Crippen LogP) is 1.99. The zero-order valence-electron chi connectivity index (χ0n) is 14.6. The van der Waals surface area contributed by atoms with Crippen LogP contribution in [0.1, 0.15) is 25.3 Å².